The van der Waals surface area contributed by atoms with E-state index >= 15 is 0 Å². The molecule has 0 saturated carbocycles. The van der Waals surface area contributed by atoms with Gasteiger partial charge in [0, 0.05) is 0 Å². The van der Waals surface area contributed by atoms with E-state index in [1.165, 1.54) is 26.2 Å². The fourth-order valence-corrected chi connectivity index (χ4v) is 2.31. The number of carbonyl (C=O) groups is 3. The number of hydrogen-bond acceptors (Lipinski definition) is 6. The van der Waals surface area contributed by atoms with Crippen molar-refractivity contribution < 1.29 is 24.2 Å². The molecule has 5 N–H and O–H groups in total. The van der Waals surface area contributed by atoms with Crippen molar-refractivity contribution in [2.75, 3.05) is 7.11 Å². The van der Waals surface area contributed by atoms with Gasteiger partial charge < -0.3 is 26.2 Å². The number of ether oxygens (including phenoxy) is 1. The maximum Gasteiger partial charge on any atom is 0.328 e. The second kappa shape index (κ2) is 9.76. The van der Waals surface area contributed by atoms with Crippen LogP contribution in [0, 0.1) is 5.92 Å². The van der Waals surface area contributed by atoms with E-state index in [2.05, 4.69) is 15.4 Å². The topological polar surface area (TPSA) is 131 Å². The summed E-state index contributed by atoms with van der Waals surface area (Å²) in [5, 5.41) is 14.4. The molecule has 0 aromatic heterocycles. The Morgan fingerprint density at radius 3 is 2.15 bits per heavy atom. The molecule has 0 saturated heterocycles. The van der Waals surface area contributed by atoms with E-state index in [0.717, 1.165) is 5.56 Å². The summed E-state index contributed by atoms with van der Waals surface area (Å²) in [5.74, 6) is -1.61. The predicted octanol–water partition coefficient (Wildman–Crippen LogP) is 0.0805. The van der Waals surface area contributed by atoms with Crippen molar-refractivity contribution in [1.82, 2.24) is 10.6 Å². The summed E-state index contributed by atoms with van der Waals surface area (Å²) in [6, 6.07) is 3.86. The highest BCUT2D eigenvalue weighted by molar-refractivity contribution is 5.92. The molecule has 144 valence electrons. The molecule has 2 amide bonds. The van der Waals surface area contributed by atoms with Crippen molar-refractivity contribution in [3.05, 3.63) is 29.8 Å². The fraction of sp³-hybridized carbons (Fsp3) is 0.500. The molecule has 0 heterocycles. The molecule has 0 aliphatic rings. The Morgan fingerprint density at radius 1 is 1.08 bits per heavy atom. The molecule has 0 aliphatic heterocycles. The first kappa shape index (κ1) is 21.4. The standard InChI is InChI=1S/C18H27N3O5/c1-10(2)15(17(24)20-11(3)18(25)26-4)21-16(23)14(19)9-12-5-7-13(22)8-6-12/h5-8,10-11,14-15,22H,9,19H2,1-4H3,(H,20,24)(H,21,23)/t11-,14-,15-/m0/s1. The van der Waals surface area contributed by atoms with Crippen LogP contribution in [0.4, 0.5) is 0 Å². The predicted molar refractivity (Wildman–Crippen MR) is 96.2 cm³/mol. The van der Waals surface area contributed by atoms with Gasteiger partial charge in [-0.1, -0.05) is 26.0 Å². The Hall–Kier alpha value is -2.61. The van der Waals surface area contributed by atoms with Crippen molar-refractivity contribution in [2.45, 2.75) is 45.3 Å². The number of methoxy groups -OCH3 is 1. The summed E-state index contributed by atoms with van der Waals surface area (Å²) in [5.41, 5.74) is 6.71. The summed E-state index contributed by atoms with van der Waals surface area (Å²) < 4.78 is 4.57. The smallest absolute Gasteiger partial charge is 0.328 e. The van der Waals surface area contributed by atoms with E-state index in [9.17, 15) is 19.5 Å². The van der Waals surface area contributed by atoms with Crippen LogP contribution in [0.2, 0.25) is 0 Å². The highest BCUT2D eigenvalue weighted by atomic mass is 16.5. The minimum absolute atomic E-state index is 0.128. The maximum atomic E-state index is 12.4. The van der Waals surface area contributed by atoms with E-state index in [1.54, 1.807) is 26.0 Å². The second-order valence-electron chi connectivity index (χ2n) is 6.46. The molecule has 0 spiro atoms. The molecule has 1 rings (SSSR count). The van der Waals surface area contributed by atoms with Crippen LogP contribution in [-0.2, 0) is 25.5 Å². The van der Waals surface area contributed by atoms with Gasteiger partial charge in [0.2, 0.25) is 11.8 Å². The summed E-state index contributed by atoms with van der Waals surface area (Å²) in [7, 11) is 1.23. The van der Waals surface area contributed by atoms with Crippen LogP contribution in [0.1, 0.15) is 26.3 Å². The molecule has 8 heteroatoms. The minimum Gasteiger partial charge on any atom is -0.508 e. The number of esters is 1. The Bertz CT molecular complexity index is 630. The normalized spacial score (nSPS) is 14.2. The van der Waals surface area contributed by atoms with Gasteiger partial charge in [-0.3, -0.25) is 9.59 Å². The second-order valence-corrected chi connectivity index (χ2v) is 6.46. The fourth-order valence-electron chi connectivity index (χ4n) is 2.31. The Labute approximate surface area is 153 Å². The van der Waals surface area contributed by atoms with Crippen molar-refractivity contribution in [3.63, 3.8) is 0 Å². The van der Waals surface area contributed by atoms with Gasteiger partial charge in [-0.25, -0.2) is 4.79 Å². The molecule has 1 aromatic carbocycles. The van der Waals surface area contributed by atoms with Crippen LogP contribution < -0.4 is 16.4 Å². The number of hydrogen-bond donors (Lipinski definition) is 4. The van der Waals surface area contributed by atoms with E-state index in [0.29, 0.717) is 0 Å². The third-order valence-corrected chi connectivity index (χ3v) is 3.89. The number of nitrogens with two attached hydrogens (primary N) is 1. The van der Waals surface area contributed by atoms with E-state index in [1.807, 2.05) is 0 Å². The average Bonchev–Trinajstić information content (AvgIpc) is 2.59. The zero-order valence-electron chi connectivity index (χ0n) is 15.5. The molecule has 1 aromatic rings. The molecule has 0 unspecified atom stereocenters. The molecular formula is C18H27N3O5. The lowest BCUT2D eigenvalue weighted by atomic mass is 10.0. The van der Waals surface area contributed by atoms with Gasteiger partial charge in [0.15, 0.2) is 0 Å². The number of benzene rings is 1. The number of nitrogens with one attached hydrogen (secondary N) is 2. The third kappa shape index (κ3) is 6.36. The van der Waals surface area contributed by atoms with Crippen molar-refractivity contribution in [1.29, 1.82) is 0 Å². The van der Waals surface area contributed by atoms with Crippen molar-refractivity contribution in [3.8, 4) is 5.75 Å². The Kier molecular flexibility index (Phi) is 8.05. The summed E-state index contributed by atoms with van der Waals surface area (Å²) in [6.07, 6.45) is 0.261. The molecule has 0 radical (unpaired) electrons. The van der Waals surface area contributed by atoms with E-state index in [4.69, 9.17) is 5.73 Å². The van der Waals surface area contributed by atoms with Gasteiger partial charge in [0.1, 0.15) is 17.8 Å². The summed E-state index contributed by atoms with van der Waals surface area (Å²) >= 11 is 0. The molecule has 3 atom stereocenters. The van der Waals surface area contributed by atoms with Crippen LogP contribution in [0.5, 0.6) is 5.75 Å². The molecule has 0 bridgehead atoms. The zero-order valence-corrected chi connectivity index (χ0v) is 15.5. The van der Waals surface area contributed by atoms with Gasteiger partial charge in [-0.05, 0) is 37.0 Å². The third-order valence-electron chi connectivity index (χ3n) is 3.89. The first-order valence-corrected chi connectivity index (χ1v) is 8.37. The van der Waals surface area contributed by atoms with Gasteiger partial charge in [0.05, 0.1) is 13.2 Å². The molecular weight excluding hydrogens is 338 g/mol. The largest absolute Gasteiger partial charge is 0.508 e. The maximum absolute atomic E-state index is 12.4. The first-order chi connectivity index (χ1) is 12.1. The van der Waals surface area contributed by atoms with Gasteiger partial charge in [-0.2, -0.15) is 0 Å². The highest BCUT2D eigenvalue weighted by Gasteiger charge is 2.28. The number of phenols is 1. The molecule has 8 nitrogen and oxygen atoms in total. The van der Waals surface area contributed by atoms with Crippen molar-refractivity contribution >= 4 is 17.8 Å². The number of rotatable bonds is 8. The van der Waals surface area contributed by atoms with Crippen LogP contribution in [0.15, 0.2) is 24.3 Å². The SMILES string of the molecule is COC(=O)[C@H](C)NC(=O)[C@@H](NC(=O)[C@@H](N)Cc1ccc(O)cc1)C(C)C. The average molecular weight is 365 g/mol. The number of carbonyl (C=O) groups excluding carboxylic acids is 3. The minimum atomic E-state index is -0.855. The Morgan fingerprint density at radius 2 is 1.65 bits per heavy atom. The zero-order chi connectivity index (χ0) is 19.9. The monoisotopic (exact) mass is 365 g/mol. The van der Waals surface area contributed by atoms with Crippen LogP contribution in [0.3, 0.4) is 0 Å². The van der Waals surface area contributed by atoms with Crippen LogP contribution in [-0.4, -0.2) is 48.1 Å². The van der Waals surface area contributed by atoms with Gasteiger partial charge in [0.25, 0.3) is 0 Å². The molecule has 0 fully saturated rings. The lowest BCUT2D eigenvalue weighted by molar-refractivity contribution is -0.145. The molecule has 26 heavy (non-hydrogen) atoms. The first-order valence-electron chi connectivity index (χ1n) is 8.37. The summed E-state index contributed by atoms with van der Waals surface area (Å²) in [4.78, 5) is 36.2. The van der Waals surface area contributed by atoms with Gasteiger partial charge >= 0.3 is 5.97 Å². The lowest BCUT2D eigenvalue weighted by Crippen LogP contribution is -2.56. The Balaban J connectivity index is 2.70. The number of phenolic OH excluding ortho intramolecular Hbond substituents is 1. The van der Waals surface area contributed by atoms with Crippen LogP contribution in [0.25, 0.3) is 0 Å². The quantitative estimate of drug-likeness (QED) is 0.483. The van der Waals surface area contributed by atoms with Crippen molar-refractivity contribution in [2.24, 2.45) is 11.7 Å². The highest BCUT2D eigenvalue weighted by Crippen LogP contribution is 2.11. The number of amides is 2. The summed E-state index contributed by atoms with van der Waals surface area (Å²) in [6.45, 7) is 5.05. The van der Waals surface area contributed by atoms with Gasteiger partial charge in [-0.15, -0.1) is 0 Å². The lowest BCUT2D eigenvalue weighted by Gasteiger charge is -2.24. The van der Waals surface area contributed by atoms with E-state index in [-0.39, 0.29) is 18.1 Å². The molecule has 0 aliphatic carbocycles. The number of aromatic hydroxyl groups is 1. The van der Waals surface area contributed by atoms with E-state index < -0.39 is 35.9 Å². The van der Waals surface area contributed by atoms with Crippen LogP contribution >= 0.6 is 0 Å².